The smallest absolute Gasteiger partial charge is 0.120 e. The molecule has 0 saturated carbocycles. The molecule has 2 aromatic carbocycles. The molecule has 0 radical (unpaired) electrons. The van der Waals surface area contributed by atoms with Crippen molar-refractivity contribution in [3.8, 4) is 5.75 Å². The van der Waals surface area contributed by atoms with Gasteiger partial charge in [-0.15, -0.1) is 0 Å². The summed E-state index contributed by atoms with van der Waals surface area (Å²) in [4.78, 5) is 0. The van der Waals surface area contributed by atoms with Crippen molar-refractivity contribution in [3.05, 3.63) is 58.1 Å². The summed E-state index contributed by atoms with van der Waals surface area (Å²) >= 11 is 3.55. The molecule has 0 aliphatic carbocycles. The topological polar surface area (TPSA) is 21.3 Å². The Morgan fingerprint density at radius 1 is 1.15 bits per heavy atom. The molecule has 0 aliphatic rings. The van der Waals surface area contributed by atoms with Crippen LogP contribution in [0.5, 0.6) is 5.75 Å². The number of halogens is 1. The van der Waals surface area contributed by atoms with Gasteiger partial charge in [-0.25, -0.2) is 0 Å². The predicted octanol–water partition coefficient (Wildman–Crippen LogP) is 5.16. The van der Waals surface area contributed by atoms with Crippen molar-refractivity contribution in [2.75, 3.05) is 5.32 Å². The third kappa shape index (κ3) is 4.27. The summed E-state index contributed by atoms with van der Waals surface area (Å²) < 4.78 is 6.83. The van der Waals surface area contributed by atoms with Gasteiger partial charge in [0.25, 0.3) is 0 Å². The lowest BCUT2D eigenvalue weighted by Gasteiger charge is -2.12. The first-order valence-electron chi connectivity index (χ1n) is 6.80. The second kappa shape index (κ2) is 6.80. The minimum atomic E-state index is 0.200. The Hall–Kier alpha value is -1.48. The molecular formula is C17H20BrNO. The molecule has 0 aromatic heterocycles. The quantitative estimate of drug-likeness (QED) is 0.816. The van der Waals surface area contributed by atoms with Crippen LogP contribution in [0.4, 0.5) is 5.69 Å². The van der Waals surface area contributed by atoms with Crippen molar-refractivity contribution in [1.82, 2.24) is 0 Å². The standard InChI is InChI=1S/C17H20BrNO/c1-12(2)20-16-6-4-5-14(9-16)11-19-15-8-7-13(3)17(18)10-15/h4-10,12,19H,11H2,1-3H3. The maximum absolute atomic E-state index is 5.71. The molecule has 0 aliphatic heterocycles. The first-order valence-corrected chi connectivity index (χ1v) is 7.59. The summed E-state index contributed by atoms with van der Waals surface area (Å²) in [7, 11) is 0. The highest BCUT2D eigenvalue weighted by Gasteiger charge is 2.01. The van der Waals surface area contributed by atoms with E-state index in [1.807, 2.05) is 26.0 Å². The number of rotatable bonds is 5. The summed E-state index contributed by atoms with van der Waals surface area (Å²) in [5.41, 5.74) is 3.56. The molecule has 0 atom stereocenters. The van der Waals surface area contributed by atoms with Crippen LogP contribution < -0.4 is 10.1 Å². The maximum Gasteiger partial charge on any atom is 0.120 e. The lowest BCUT2D eigenvalue weighted by atomic mass is 10.2. The van der Waals surface area contributed by atoms with E-state index in [1.54, 1.807) is 0 Å². The van der Waals surface area contributed by atoms with E-state index in [4.69, 9.17) is 4.74 Å². The van der Waals surface area contributed by atoms with Crippen LogP contribution in [0.25, 0.3) is 0 Å². The van der Waals surface area contributed by atoms with Gasteiger partial charge >= 0.3 is 0 Å². The van der Waals surface area contributed by atoms with Gasteiger partial charge in [-0.2, -0.15) is 0 Å². The van der Waals surface area contributed by atoms with Crippen LogP contribution in [-0.4, -0.2) is 6.10 Å². The Labute approximate surface area is 129 Å². The van der Waals surface area contributed by atoms with Gasteiger partial charge in [-0.05, 0) is 56.2 Å². The first-order chi connectivity index (χ1) is 9.54. The highest BCUT2D eigenvalue weighted by atomic mass is 79.9. The molecule has 1 N–H and O–H groups in total. The molecule has 0 unspecified atom stereocenters. The number of anilines is 1. The van der Waals surface area contributed by atoms with Crippen LogP contribution in [0.3, 0.4) is 0 Å². The SMILES string of the molecule is Cc1ccc(NCc2cccc(OC(C)C)c2)cc1Br. The van der Waals surface area contributed by atoms with Crippen LogP contribution >= 0.6 is 15.9 Å². The molecule has 20 heavy (non-hydrogen) atoms. The minimum Gasteiger partial charge on any atom is -0.491 e. The van der Waals surface area contributed by atoms with Gasteiger partial charge in [0, 0.05) is 16.7 Å². The van der Waals surface area contributed by atoms with Crippen molar-refractivity contribution in [1.29, 1.82) is 0 Å². The zero-order valence-electron chi connectivity index (χ0n) is 12.1. The molecule has 2 nitrogen and oxygen atoms in total. The number of hydrogen-bond donors (Lipinski definition) is 1. The monoisotopic (exact) mass is 333 g/mol. The Kier molecular flexibility index (Phi) is 5.07. The molecule has 106 valence electrons. The number of nitrogens with one attached hydrogen (secondary N) is 1. The first kappa shape index (κ1) is 14.9. The second-order valence-corrected chi connectivity index (χ2v) is 5.99. The normalized spacial score (nSPS) is 10.7. The van der Waals surface area contributed by atoms with Gasteiger partial charge < -0.3 is 10.1 Å². The minimum absolute atomic E-state index is 0.200. The zero-order chi connectivity index (χ0) is 14.5. The average Bonchev–Trinajstić information content (AvgIpc) is 2.40. The van der Waals surface area contributed by atoms with Crippen LogP contribution in [-0.2, 0) is 6.54 Å². The number of hydrogen-bond acceptors (Lipinski definition) is 2. The summed E-state index contributed by atoms with van der Waals surface area (Å²) in [6.07, 6.45) is 0.200. The molecule has 2 rings (SSSR count). The highest BCUT2D eigenvalue weighted by Crippen LogP contribution is 2.21. The maximum atomic E-state index is 5.71. The van der Waals surface area contributed by atoms with Crippen molar-refractivity contribution in [2.24, 2.45) is 0 Å². The third-order valence-electron chi connectivity index (χ3n) is 2.94. The summed E-state index contributed by atoms with van der Waals surface area (Å²) in [6, 6.07) is 14.5. The second-order valence-electron chi connectivity index (χ2n) is 5.13. The van der Waals surface area contributed by atoms with Crippen LogP contribution in [0.1, 0.15) is 25.0 Å². The molecule has 0 spiro atoms. The Balaban J connectivity index is 2.01. The number of aryl methyl sites for hydroxylation is 1. The van der Waals surface area contributed by atoms with Crippen molar-refractivity contribution < 1.29 is 4.74 Å². The van der Waals surface area contributed by atoms with Crippen LogP contribution in [0, 0.1) is 6.92 Å². The molecule has 0 amide bonds. The van der Waals surface area contributed by atoms with Crippen LogP contribution in [0.2, 0.25) is 0 Å². The Bertz CT molecular complexity index is 581. The zero-order valence-corrected chi connectivity index (χ0v) is 13.7. The summed E-state index contributed by atoms with van der Waals surface area (Å²) in [5.74, 6) is 0.921. The molecule has 0 heterocycles. The lowest BCUT2D eigenvalue weighted by molar-refractivity contribution is 0.242. The Morgan fingerprint density at radius 2 is 1.95 bits per heavy atom. The van der Waals surface area contributed by atoms with E-state index < -0.39 is 0 Å². The number of benzene rings is 2. The van der Waals surface area contributed by atoms with Gasteiger partial charge in [-0.1, -0.05) is 34.1 Å². The van der Waals surface area contributed by atoms with E-state index >= 15 is 0 Å². The fourth-order valence-electron chi connectivity index (χ4n) is 1.91. The van der Waals surface area contributed by atoms with E-state index in [2.05, 4.69) is 58.5 Å². The van der Waals surface area contributed by atoms with E-state index in [0.717, 1.165) is 22.5 Å². The molecular weight excluding hydrogens is 314 g/mol. The largest absolute Gasteiger partial charge is 0.491 e. The van der Waals surface area contributed by atoms with Crippen molar-refractivity contribution in [3.63, 3.8) is 0 Å². The van der Waals surface area contributed by atoms with E-state index in [1.165, 1.54) is 11.1 Å². The lowest BCUT2D eigenvalue weighted by Crippen LogP contribution is -2.06. The van der Waals surface area contributed by atoms with Gasteiger partial charge in [0.15, 0.2) is 0 Å². The fourth-order valence-corrected chi connectivity index (χ4v) is 2.29. The van der Waals surface area contributed by atoms with E-state index in [-0.39, 0.29) is 6.10 Å². The van der Waals surface area contributed by atoms with Gasteiger partial charge in [0.05, 0.1) is 6.10 Å². The summed E-state index contributed by atoms with van der Waals surface area (Å²) in [6.45, 7) is 6.94. The van der Waals surface area contributed by atoms with E-state index in [0.29, 0.717) is 0 Å². The van der Waals surface area contributed by atoms with Gasteiger partial charge in [0.1, 0.15) is 5.75 Å². The van der Waals surface area contributed by atoms with Gasteiger partial charge in [-0.3, -0.25) is 0 Å². The van der Waals surface area contributed by atoms with Crippen LogP contribution in [0.15, 0.2) is 46.9 Å². The van der Waals surface area contributed by atoms with Crippen molar-refractivity contribution in [2.45, 2.75) is 33.4 Å². The number of ether oxygens (including phenoxy) is 1. The average molecular weight is 334 g/mol. The van der Waals surface area contributed by atoms with Gasteiger partial charge in [0.2, 0.25) is 0 Å². The fraction of sp³-hybridized carbons (Fsp3) is 0.294. The molecule has 0 saturated heterocycles. The molecule has 2 aromatic rings. The van der Waals surface area contributed by atoms with Crippen molar-refractivity contribution >= 4 is 21.6 Å². The summed E-state index contributed by atoms with van der Waals surface area (Å²) in [5, 5.41) is 3.42. The molecule has 0 fully saturated rings. The predicted molar refractivity (Wildman–Crippen MR) is 88.4 cm³/mol. The molecule has 3 heteroatoms. The molecule has 0 bridgehead atoms. The van der Waals surface area contributed by atoms with E-state index in [9.17, 15) is 0 Å². The third-order valence-corrected chi connectivity index (χ3v) is 3.79. The Morgan fingerprint density at radius 3 is 2.65 bits per heavy atom. The highest BCUT2D eigenvalue weighted by molar-refractivity contribution is 9.10.